The van der Waals surface area contributed by atoms with E-state index in [1.54, 1.807) is 6.20 Å². The fourth-order valence-electron chi connectivity index (χ4n) is 4.45. The Kier molecular flexibility index (Phi) is 5.15. The summed E-state index contributed by atoms with van der Waals surface area (Å²) < 4.78 is 6.30. The summed E-state index contributed by atoms with van der Waals surface area (Å²) in [5.41, 5.74) is 1.53. The lowest BCUT2D eigenvalue weighted by Gasteiger charge is -2.40. The van der Waals surface area contributed by atoms with Gasteiger partial charge < -0.3 is 15.0 Å². The molecule has 2 aliphatic heterocycles. The van der Waals surface area contributed by atoms with Crippen LogP contribution in [0.5, 0.6) is 0 Å². The van der Waals surface area contributed by atoms with Gasteiger partial charge in [-0.25, -0.2) is 0 Å². The maximum absolute atomic E-state index is 13.1. The van der Waals surface area contributed by atoms with E-state index in [4.69, 9.17) is 4.74 Å². The van der Waals surface area contributed by atoms with Crippen molar-refractivity contribution < 1.29 is 9.53 Å². The Labute approximate surface area is 167 Å². The number of carbonyl (C=O) groups excluding carboxylic acids is 1. The van der Waals surface area contributed by atoms with Gasteiger partial charge in [0.25, 0.3) is 5.91 Å². The van der Waals surface area contributed by atoms with Crippen molar-refractivity contribution >= 4 is 16.8 Å². The summed E-state index contributed by atoms with van der Waals surface area (Å²) in [5.74, 6) is 0.578. The SMILES string of the molecule is CC(C)(C)NCC1COC2(CCCN(C(=O)c3cnc4ccccc4c3)C2)C1. The van der Waals surface area contributed by atoms with Crippen molar-refractivity contribution in [3.05, 3.63) is 42.1 Å². The number of ether oxygens (including phenoxy) is 1. The molecular formula is C23H31N3O2. The maximum atomic E-state index is 13.1. The van der Waals surface area contributed by atoms with Crippen molar-refractivity contribution in [2.24, 2.45) is 5.92 Å². The van der Waals surface area contributed by atoms with Crippen LogP contribution in [0.25, 0.3) is 10.9 Å². The highest BCUT2D eigenvalue weighted by Crippen LogP contribution is 2.37. The van der Waals surface area contributed by atoms with Gasteiger partial charge in [-0.15, -0.1) is 0 Å². The Bertz CT molecular complexity index is 860. The normalized spacial score (nSPS) is 25.5. The van der Waals surface area contributed by atoms with E-state index in [0.717, 1.165) is 49.9 Å². The van der Waals surface area contributed by atoms with Gasteiger partial charge in [0.1, 0.15) is 0 Å². The monoisotopic (exact) mass is 381 g/mol. The molecule has 5 nitrogen and oxygen atoms in total. The number of hydrogen-bond acceptors (Lipinski definition) is 4. The highest BCUT2D eigenvalue weighted by Gasteiger charge is 2.44. The van der Waals surface area contributed by atoms with Crippen LogP contribution in [0.2, 0.25) is 0 Å². The van der Waals surface area contributed by atoms with Crippen LogP contribution in [0, 0.1) is 5.92 Å². The third kappa shape index (κ3) is 4.20. The Balaban J connectivity index is 1.44. The molecule has 150 valence electrons. The van der Waals surface area contributed by atoms with Crippen LogP contribution in [0.15, 0.2) is 36.5 Å². The number of aromatic nitrogens is 1. The topological polar surface area (TPSA) is 54.5 Å². The first-order valence-electron chi connectivity index (χ1n) is 10.4. The summed E-state index contributed by atoms with van der Waals surface area (Å²) in [6.45, 7) is 9.80. The number of rotatable bonds is 3. The molecule has 4 rings (SSSR count). The van der Waals surface area contributed by atoms with E-state index in [1.807, 2.05) is 35.2 Å². The molecule has 5 heteroatoms. The van der Waals surface area contributed by atoms with Crippen molar-refractivity contribution in [1.82, 2.24) is 15.2 Å². The number of amides is 1. The summed E-state index contributed by atoms with van der Waals surface area (Å²) in [5, 5.41) is 4.60. The summed E-state index contributed by atoms with van der Waals surface area (Å²) in [6.07, 6.45) is 4.76. The molecule has 0 bridgehead atoms. The average molecular weight is 382 g/mol. The number of hydrogen-bond donors (Lipinski definition) is 1. The molecule has 1 amide bonds. The molecule has 1 aromatic carbocycles. The number of piperidine rings is 1. The molecule has 2 atom stereocenters. The highest BCUT2D eigenvalue weighted by atomic mass is 16.5. The van der Waals surface area contributed by atoms with Gasteiger partial charge in [0, 0.05) is 36.8 Å². The largest absolute Gasteiger partial charge is 0.373 e. The molecule has 2 aliphatic rings. The van der Waals surface area contributed by atoms with Gasteiger partial charge in [-0.1, -0.05) is 18.2 Å². The molecule has 1 spiro atoms. The van der Waals surface area contributed by atoms with Gasteiger partial charge in [0.05, 0.1) is 23.3 Å². The van der Waals surface area contributed by atoms with Crippen molar-refractivity contribution in [3.8, 4) is 0 Å². The number of benzene rings is 1. The quantitative estimate of drug-likeness (QED) is 0.882. The first-order valence-corrected chi connectivity index (χ1v) is 10.4. The minimum absolute atomic E-state index is 0.0668. The first-order chi connectivity index (χ1) is 13.3. The zero-order chi connectivity index (χ0) is 19.8. The lowest BCUT2D eigenvalue weighted by molar-refractivity contribution is -0.0449. The zero-order valence-corrected chi connectivity index (χ0v) is 17.2. The molecule has 2 saturated heterocycles. The van der Waals surface area contributed by atoms with E-state index in [2.05, 4.69) is 31.1 Å². The van der Waals surface area contributed by atoms with Crippen molar-refractivity contribution in [3.63, 3.8) is 0 Å². The van der Waals surface area contributed by atoms with Crippen molar-refractivity contribution in [2.75, 3.05) is 26.2 Å². The summed E-state index contributed by atoms with van der Waals surface area (Å²) in [7, 11) is 0. The number of fused-ring (bicyclic) bond motifs is 1. The van der Waals surface area contributed by atoms with Gasteiger partial charge in [0.2, 0.25) is 0 Å². The molecule has 0 aliphatic carbocycles. The van der Waals surface area contributed by atoms with E-state index < -0.39 is 0 Å². The van der Waals surface area contributed by atoms with Crippen LogP contribution in [0.1, 0.15) is 50.4 Å². The van der Waals surface area contributed by atoms with Gasteiger partial charge in [-0.05, 0) is 58.1 Å². The van der Waals surface area contributed by atoms with Crippen LogP contribution in [-0.4, -0.2) is 53.2 Å². The number of likely N-dealkylation sites (tertiary alicyclic amines) is 1. The fourth-order valence-corrected chi connectivity index (χ4v) is 4.45. The smallest absolute Gasteiger partial charge is 0.255 e. The fraction of sp³-hybridized carbons (Fsp3) is 0.565. The first kappa shape index (κ1) is 19.3. The molecule has 2 aromatic rings. The Morgan fingerprint density at radius 2 is 2.18 bits per heavy atom. The van der Waals surface area contributed by atoms with E-state index >= 15 is 0 Å². The standard InChI is InChI=1S/C23H31N3O2/c1-22(2,3)25-13-17-12-23(28-15-17)9-6-10-26(16-23)21(27)19-11-18-7-4-5-8-20(18)24-14-19/h4-5,7-8,11,14,17,25H,6,9-10,12-13,15-16H2,1-3H3. The minimum Gasteiger partial charge on any atom is -0.373 e. The lowest BCUT2D eigenvalue weighted by Crippen LogP contribution is -2.50. The van der Waals surface area contributed by atoms with Crippen LogP contribution in [0.4, 0.5) is 0 Å². The molecule has 28 heavy (non-hydrogen) atoms. The molecule has 2 unspecified atom stereocenters. The third-order valence-electron chi connectivity index (χ3n) is 5.87. The Hall–Kier alpha value is -1.98. The van der Waals surface area contributed by atoms with Crippen LogP contribution >= 0.6 is 0 Å². The molecule has 1 aromatic heterocycles. The molecule has 3 heterocycles. The highest BCUT2D eigenvalue weighted by molar-refractivity contribution is 5.97. The Morgan fingerprint density at radius 3 is 3.00 bits per heavy atom. The third-order valence-corrected chi connectivity index (χ3v) is 5.87. The van der Waals surface area contributed by atoms with Crippen LogP contribution in [-0.2, 0) is 4.74 Å². The summed E-state index contributed by atoms with van der Waals surface area (Å²) in [6, 6.07) is 9.87. The Morgan fingerprint density at radius 1 is 1.36 bits per heavy atom. The van der Waals surface area contributed by atoms with Crippen molar-refractivity contribution in [1.29, 1.82) is 0 Å². The van der Waals surface area contributed by atoms with E-state index in [9.17, 15) is 4.79 Å². The summed E-state index contributed by atoms with van der Waals surface area (Å²) >= 11 is 0. The summed E-state index contributed by atoms with van der Waals surface area (Å²) in [4.78, 5) is 19.6. The molecule has 0 radical (unpaired) electrons. The predicted octanol–water partition coefficient (Wildman–Crippen LogP) is 3.63. The number of carbonyl (C=O) groups is 1. The van der Waals surface area contributed by atoms with E-state index in [-0.39, 0.29) is 17.0 Å². The second-order valence-electron chi connectivity index (χ2n) is 9.44. The number of nitrogens with one attached hydrogen (secondary N) is 1. The predicted molar refractivity (Wildman–Crippen MR) is 111 cm³/mol. The lowest BCUT2D eigenvalue weighted by atomic mass is 9.86. The van der Waals surface area contributed by atoms with Gasteiger partial charge in [0.15, 0.2) is 0 Å². The average Bonchev–Trinajstić information content (AvgIpc) is 3.07. The number of pyridine rings is 1. The second kappa shape index (κ2) is 7.45. The second-order valence-corrected chi connectivity index (χ2v) is 9.44. The molecule has 0 saturated carbocycles. The van der Waals surface area contributed by atoms with Gasteiger partial charge >= 0.3 is 0 Å². The number of nitrogens with zero attached hydrogens (tertiary/aromatic N) is 2. The zero-order valence-electron chi connectivity index (χ0n) is 17.2. The van der Waals surface area contributed by atoms with Gasteiger partial charge in [-0.2, -0.15) is 0 Å². The molecule has 1 N–H and O–H groups in total. The molecule has 2 fully saturated rings. The van der Waals surface area contributed by atoms with E-state index in [0.29, 0.717) is 18.0 Å². The van der Waals surface area contributed by atoms with Crippen LogP contribution in [0.3, 0.4) is 0 Å². The van der Waals surface area contributed by atoms with E-state index in [1.165, 1.54) is 0 Å². The van der Waals surface area contributed by atoms with Gasteiger partial charge in [-0.3, -0.25) is 9.78 Å². The maximum Gasteiger partial charge on any atom is 0.255 e. The van der Waals surface area contributed by atoms with Crippen molar-refractivity contribution in [2.45, 2.75) is 51.2 Å². The number of para-hydroxylation sites is 1. The minimum atomic E-state index is -0.178. The molecular weight excluding hydrogens is 350 g/mol. The van der Waals surface area contributed by atoms with Crippen LogP contribution < -0.4 is 5.32 Å².